The number of Topliss-reactive ketones (excluding diaryl/α,β-unsaturated/α-hetero) is 1. The summed E-state index contributed by atoms with van der Waals surface area (Å²) >= 11 is 0. The Labute approximate surface area is 234 Å². The number of rotatable bonds is 12. The molecule has 3 aliphatic rings. The molecular formula is C33H46O6. The smallest absolute Gasteiger partial charge is 0.162 e. The number of hydrogen-bond donors (Lipinski definition) is 0. The zero-order chi connectivity index (χ0) is 27.9. The number of ketones is 1. The Kier molecular flexibility index (Phi) is 10.2. The first-order chi connectivity index (χ1) is 18.8. The van der Waals surface area contributed by atoms with E-state index in [2.05, 4.69) is 25.2 Å². The maximum atomic E-state index is 13.8. The minimum atomic E-state index is -0.651. The molecule has 2 unspecified atom stereocenters. The number of unbranched alkanes of at least 4 members (excludes halogenated alkanes) is 3. The van der Waals surface area contributed by atoms with Gasteiger partial charge in [-0.1, -0.05) is 43.2 Å². The molecule has 1 aromatic carbocycles. The molecule has 1 spiro atoms. The summed E-state index contributed by atoms with van der Waals surface area (Å²) in [5, 5.41) is 0. The van der Waals surface area contributed by atoms with Crippen LogP contribution < -0.4 is 4.74 Å². The van der Waals surface area contributed by atoms with Crippen molar-refractivity contribution in [1.29, 1.82) is 0 Å². The molecule has 1 heterocycles. The first-order valence-electron chi connectivity index (χ1n) is 14.6. The van der Waals surface area contributed by atoms with Gasteiger partial charge in [0.2, 0.25) is 0 Å². The van der Waals surface area contributed by atoms with Crippen LogP contribution in [-0.2, 0) is 30.4 Å². The first-order valence-corrected chi connectivity index (χ1v) is 14.6. The number of benzene rings is 1. The summed E-state index contributed by atoms with van der Waals surface area (Å²) in [6.45, 7) is 7.32. The molecule has 0 amide bonds. The Hall–Kier alpha value is -2.28. The van der Waals surface area contributed by atoms with E-state index in [1.54, 1.807) is 7.11 Å². The molecule has 4 atom stereocenters. The van der Waals surface area contributed by atoms with Crippen LogP contribution in [0, 0.1) is 23.2 Å². The van der Waals surface area contributed by atoms with Crippen molar-refractivity contribution in [3.8, 4) is 5.75 Å². The molecular weight excluding hydrogens is 492 g/mol. The van der Waals surface area contributed by atoms with Gasteiger partial charge in [0.05, 0.1) is 39.0 Å². The molecule has 2 aliphatic carbocycles. The standard InChI is InChI=1S/C33H46O6/c1-5-6-7-8-9-10-11-25-20-28-31(37-21-24-12-14-26(36-4)15-13-24)30(27(25)17-19-34)29(35)16-18-33(28)22-38-32(2,3)39-23-33/h5-6,12-15,19-20,25,27,30-31H,7-11,16-18,21-23H2,1-4H3/b6-5+/t25-,27+,30?,31?/m0/s1. The molecule has 0 aromatic heterocycles. The second kappa shape index (κ2) is 13.4. The molecule has 2 fully saturated rings. The van der Waals surface area contributed by atoms with Crippen LogP contribution in [0.1, 0.15) is 77.7 Å². The van der Waals surface area contributed by atoms with Gasteiger partial charge in [-0.05, 0) is 81.6 Å². The second-order valence-corrected chi connectivity index (χ2v) is 11.9. The summed E-state index contributed by atoms with van der Waals surface area (Å²) in [4.78, 5) is 25.7. The predicted octanol–water partition coefficient (Wildman–Crippen LogP) is 6.62. The normalized spacial score (nSPS) is 27.8. The molecule has 0 radical (unpaired) electrons. The highest BCUT2D eigenvalue weighted by atomic mass is 16.7. The van der Waals surface area contributed by atoms with Crippen molar-refractivity contribution in [3.63, 3.8) is 0 Å². The van der Waals surface area contributed by atoms with Crippen LogP contribution in [0.3, 0.4) is 0 Å². The fraction of sp³-hybridized carbons (Fsp3) is 0.636. The van der Waals surface area contributed by atoms with Crippen molar-refractivity contribution in [2.24, 2.45) is 23.2 Å². The van der Waals surface area contributed by atoms with E-state index < -0.39 is 17.3 Å². The highest BCUT2D eigenvalue weighted by Gasteiger charge is 2.54. The Morgan fingerprint density at radius 2 is 1.82 bits per heavy atom. The highest BCUT2D eigenvalue weighted by Crippen LogP contribution is 2.52. The lowest BCUT2D eigenvalue weighted by atomic mass is 9.63. The Bertz CT molecular complexity index is 1010. The molecule has 4 rings (SSSR count). The van der Waals surface area contributed by atoms with Crippen LogP contribution in [-0.4, -0.2) is 44.3 Å². The predicted molar refractivity (Wildman–Crippen MR) is 151 cm³/mol. The van der Waals surface area contributed by atoms with Gasteiger partial charge in [0, 0.05) is 18.3 Å². The van der Waals surface area contributed by atoms with E-state index in [4.69, 9.17) is 18.9 Å². The summed E-state index contributed by atoms with van der Waals surface area (Å²) in [5.74, 6) is 0.115. The van der Waals surface area contributed by atoms with Crippen LogP contribution in [0.5, 0.6) is 5.75 Å². The quantitative estimate of drug-likeness (QED) is 0.169. The maximum Gasteiger partial charge on any atom is 0.162 e. The number of aldehydes is 1. The topological polar surface area (TPSA) is 71.1 Å². The van der Waals surface area contributed by atoms with Crippen LogP contribution in [0.25, 0.3) is 0 Å². The molecule has 1 aliphatic heterocycles. The lowest BCUT2D eigenvalue weighted by Crippen LogP contribution is -2.52. The third kappa shape index (κ3) is 7.08. The van der Waals surface area contributed by atoms with E-state index >= 15 is 0 Å². The van der Waals surface area contributed by atoms with Crippen LogP contribution in [0.15, 0.2) is 48.1 Å². The summed E-state index contributed by atoms with van der Waals surface area (Å²) in [7, 11) is 1.65. The van der Waals surface area contributed by atoms with Crippen molar-refractivity contribution in [2.75, 3.05) is 20.3 Å². The molecule has 2 bridgehead atoms. The van der Waals surface area contributed by atoms with Gasteiger partial charge in [-0.2, -0.15) is 0 Å². The van der Waals surface area contributed by atoms with E-state index in [1.807, 2.05) is 38.1 Å². The summed E-state index contributed by atoms with van der Waals surface area (Å²) in [6, 6.07) is 7.83. The van der Waals surface area contributed by atoms with E-state index in [0.717, 1.165) is 55.3 Å². The molecule has 0 N–H and O–H groups in total. The molecule has 6 nitrogen and oxygen atoms in total. The van der Waals surface area contributed by atoms with Gasteiger partial charge < -0.3 is 23.7 Å². The monoisotopic (exact) mass is 538 g/mol. The van der Waals surface area contributed by atoms with Gasteiger partial charge in [0.25, 0.3) is 0 Å². The zero-order valence-corrected chi connectivity index (χ0v) is 24.2. The fourth-order valence-electron chi connectivity index (χ4n) is 6.53. The molecule has 1 aromatic rings. The minimum Gasteiger partial charge on any atom is -0.497 e. The van der Waals surface area contributed by atoms with E-state index in [1.165, 1.54) is 0 Å². The van der Waals surface area contributed by atoms with Gasteiger partial charge in [-0.3, -0.25) is 4.79 Å². The highest BCUT2D eigenvalue weighted by molar-refractivity contribution is 5.84. The average molecular weight is 539 g/mol. The van der Waals surface area contributed by atoms with E-state index in [0.29, 0.717) is 39.1 Å². The van der Waals surface area contributed by atoms with E-state index in [9.17, 15) is 9.59 Å². The molecule has 214 valence electrons. The van der Waals surface area contributed by atoms with Crippen LogP contribution in [0.2, 0.25) is 0 Å². The van der Waals surface area contributed by atoms with Gasteiger partial charge >= 0.3 is 0 Å². The largest absolute Gasteiger partial charge is 0.497 e. The van der Waals surface area contributed by atoms with Gasteiger partial charge in [-0.25, -0.2) is 0 Å². The second-order valence-electron chi connectivity index (χ2n) is 11.9. The number of carbonyl (C=O) groups excluding carboxylic acids is 2. The molecule has 1 saturated heterocycles. The summed E-state index contributed by atoms with van der Waals surface area (Å²) < 4.78 is 24.4. The van der Waals surface area contributed by atoms with E-state index in [-0.39, 0.29) is 23.5 Å². The Morgan fingerprint density at radius 3 is 2.49 bits per heavy atom. The number of allylic oxidation sites excluding steroid dienone is 3. The van der Waals surface area contributed by atoms with Gasteiger partial charge in [-0.15, -0.1) is 0 Å². The summed E-state index contributed by atoms with van der Waals surface area (Å²) in [6.07, 6.45) is 14.2. The fourth-order valence-corrected chi connectivity index (χ4v) is 6.53. The number of carbonyl (C=O) groups is 2. The van der Waals surface area contributed by atoms with Crippen LogP contribution in [0.4, 0.5) is 0 Å². The van der Waals surface area contributed by atoms with Crippen molar-refractivity contribution in [2.45, 2.75) is 90.6 Å². The van der Waals surface area contributed by atoms with Gasteiger partial charge in [0.15, 0.2) is 5.79 Å². The van der Waals surface area contributed by atoms with Crippen molar-refractivity contribution >= 4 is 12.1 Å². The number of fused-ring (bicyclic) bond motifs is 3. The average Bonchev–Trinajstić information content (AvgIpc) is 3.01. The molecule has 1 saturated carbocycles. The van der Waals surface area contributed by atoms with Gasteiger partial charge in [0.1, 0.15) is 17.8 Å². The lowest BCUT2D eigenvalue weighted by molar-refractivity contribution is -0.281. The van der Waals surface area contributed by atoms with Crippen molar-refractivity contribution in [1.82, 2.24) is 0 Å². The Morgan fingerprint density at radius 1 is 1.08 bits per heavy atom. The van der Waals surface area contributed by atoms with Crippen LogP contribution >= 0.6 is 0 Å². The Balaban J connectivity index is 1.65. The number of ether oxygens (including phenoxy) is 4. The summed E-state index contributed by atoms with van der Waals surface area (Å²) in [5.41, 5.74) is 1.76. The number of methoxy groups -OCH3 is 1. The van der Waals surface area contributed by atoms with Crippen molar-refractivity contribution < 1.29 is 28.5 Å². The molecule has 39 heavy (non-hydrogen) atoms. The zero-order valence-electron chi connectivity index (χ0n) is 24.2. The minimum absolute atomic E-state index is 0.0489. The third-order valence-corrected chi connectivity index (χ3v) is 8.86. The number of hydrogen-bond acceptors (Lipinski definition) is 6. The lowest BCUT2D eigenvalue weighted by Gasteiger charge is -2.49. The molecule has 6 heteroatoms. The van der Waals surface area contributed by atoms with Crippen molar-refractivity contribution in [3.05, 3.63) is 53.6 Å². The SMILES string of the molecule is C/C=C/CCCCC[C@H]1C=C2C(OCc3ccc(OC)cc3)C(C(=O)CCC23COC(C)(C)OC3)[C@@H]1CC=O. The first kappa shape index (κ1) is 29.7. The maximum absolute atomic E-state index is 13.8. The third-order valence-electron chi connectivity index (χ3n) is 8.86.